The summed E-state index contributed by atoms with van der Waals surface area (Å²) < 4.78 is 5.75. The third-order valence-corrected chi connectivity index (χ3v) is 3.88. The summed E-state index contributed by atoms with van der Waals surface area (Å²) in [6, 6.07) is 6.19. The maximum absolute atomic E-state index is 6.22. The van der Waals surface area contributed by atoms with E-state index in [4.69, 9.17) is 16.3 Å². The third kappa shape index (κ3) is 5.17. The van der Waals surface area contributed by atoms with Crippen LogP contribution in [0.3, 0.4) is 0 Å². The van der Waals surface area contributed by atoms with Crippen LogP contribution in [0.4, 0.5) is 5.69 Å². The highest BCUT2D eigenvalue weighted by Gasteiger charge is 2.19. The molecule has 1 atom stereocenters. The molecule has 1 N–H and O–H groups in total. The normalized spacial score (nSPS) is 20.4. The molecule has 1 aliphatic heterocycles. The van der Waals surface area contributed by atoms with Gasteiger partial charge in [-0.3, -0.25) is 0 Å². The van der Waals surface area contributed by atoms with Gasteiger partial charge in [0.05, 0.1) is 6.10 Å². The zero-order valence-corrected chi connectivity index (χ0v) is 14.3. The van der Waals surface area contributed by atoms with Gasteiger partial charge in [0.2, 0.25) is 0 Å². The zero-order valence-electron chi connectivity index (χ0n) is 13.6. The van der Waals surface area contributed by atoms with Gasteiger partial charge in [-0.2, -0.15) is 0 Å². The number of halogens is 1. The Bertz CT molecular complexity index is 470. The van der Waals surface area contributed by atoms with Crippen molar-refractivity contribution in [1.82, 2.24) is 5.32 Å². The van der Waals surface area contributed by atoms with Gasteiger partial charge in [0.15, 0.2) is 0 Å². The van der Waals surface area contributed by atoms with E-state index in [9.17, 15) is 0 Å². The number of rotatable bonds is 3. The van der Waals surface area contributed by atoms with E-state index in [2.05, 4.69) is 50.0 Å². The number of anilines is 1. The lowest BCUT2D eigenvalue weighted by Gasteiger charge is -2.28. The van der Waals surface area contributed by atoms with Crippen LogP contribution in [0.2, 0.25) is 5.02 Å². The highest BCUT2D eigenvalue weighted by molar-refractivity contribution is 6.30. The molecule has 2 rings (SSSR count). The standard InChI is InChI=1S/C17H27ClN2O/c1-13-12-20(8-5-9-21-13)16-10-15(18)7-6-14(16)11-19-17(2,3)4/h6-7,10,13,19H,5,8-9,11-12H2,1-4H3. The second-order valence-corrected chi connectivity index (χ2v) is 7.29. The van der Waals surface area contributed by atoms with Crippen molar-refractivity contribution < 1.29 is 4.74 Å². The fourth-order valence-electron chi connectivity index (χ4n) is 2.55. The van der Waals surface area contributed by atoms with Crippen molar-refractivity contribution in [3.05, 3.63) is 28.8 Å². The first-order chi connectivity index (χ1) is 9.85. The highest BCUT2D eigenvalue weighted by atomic mass is 35.5. The average molecular weight is 311 g/mol. The Hall–Kier alpha value is -0.770. The Balaban J connectivity index is 2.21. The molecule has 1 unspecified atom stereocenters. The molecule has 0 aliphatic carbocycles. The summed E-state index contributed by atoms with van der Waals surface area (Å²) in [4.78, 5) is 2.41. The molecule has 4 heteroatoms. The number of hydrogen-bond donors (Lipinski definition) is 1. The van der Waals surface area contributed by atoms with Crippen LogP contribution in [-0.2, 0) is 11.3 Å². The quantitative estimate of drug-likeness (QED) is 0.918. The molecule has 0 bridgehead atoms. The molecule has 0 spiro atoms. The predicted molar refractivity (Wildman–Crippen MR) is 90.3 cm³/mol. The maximum atomic E-state index is 6.22. The molecular weight excluding hydrogens is 284 g/mol. The van der Waals surface area contributed by atoms with Crippen molar-refractivity contribution >= 4 is 17.3 Å². The van der Waals surface area contributed by atoms with Crippen LogP contribution in [-0.4, -0.2) is 31.3 Å². The highest BCUT2D eigenvalue weighted by Crippen LogP contribution is 2.27. The first-order valence-electron chi connectivity index (χ1n) is 7.75. The van der Waals surface area contributed by atoms with Gasteiger partial charge in [0, 0.05) is 42.5 Å². The molecule has 1 aromatic rings. The summed E-state index contributed by atoms with van der Waals surface area (Å²) >= 11 is 6.22. The molecule has 1 heterocycles. The minimum absolute atomic E-state index is 0.103. The maximum Gasteiger partial charge on any atom is 0.0721 e. The van der Waals surface area contributed by atoms with E-state index >= 15 is 0 Å². The lowest BCUT2D eigenvalue weighted by atomic mass is 10.1. The lowest BCUT2D eigenvalue weighted by molar-refractivity contribution is 0.0821. The summed E-state index contributed by atoms with van der Waals surface area (Å²) in [7, 11) is 0. The van der Waals surface area contributed by atoms with E-state index < -0.39 is 0 Å². The van der Waals surface area contributed by atoms with E-state index in [1.54, 1.807) is 0 Å². The SMILES string of the molecule is CC1CN(c2cc(Cl)ccc2CNC(C)(C)C)CCCO1. The van der Waals surface area contributed by atoms with Crippen molar-refractivity contribution in [3.8, 4) is 0 Å². The van der Waals surface area contributed by atoms with Gasteiger partial charge >= 0.3 is 0 Å². The second-order valence-electron chi connectivity index (χ2n) is 6.86. The predicted octanol–water partition coefficient (Wildman–Crippen LogP) is 3.84. The Morgan fingerprint density at radius 2 is 2.14 bits per heavy atom. The molecule has 1 fully saturated rings. The largest absolute Gasteiger partial charge is 0.377 e. The van der Waals surface area contributed by atoms with Gasteiger partial charge in [0.25, 0.3) is 0 Å². The summed E-state index contributed by atoms with van der Waals surface area (Å²) in [5, 5.41) is 4.36. The number of nitrogens with one attached hydrogen (secondary N) is 1. The van der Waals surface area contributed by atoms with E-state index in [1.165, 1.54) is 11.3 Å². The van der Waals surface area contributed by atoms with E-state index in [0.717, 1.165) is 37.7 Å². The third-order valence-electron chi connectivity index (χ3n) is 3.65. The summed E-state index contributed by atoms with van der Waals surface area (Å²) in [5.41, 5.74) is 2.63. The first kappa shape index (κ1) is 16.6. The van der Waals surface area contributed by atoms with Gasteiger partial charge < -0.3 is 15.0 Å². The molecule has 3 nitrogen and oxygen atoms in total. The molecule has 0 radical (unpaired) electrons. The summed E-state index contributed by atoms with van der Waals surface area (Å²) in [6.07, 6.45) is 1.32. The molecule has 0 aromatic heterocycles. The topological polar surface area (TPSA) is 24.5 Å². The number of hydrogen-bond acceptors (Lipinski definition) is 3. The van der Waals surface area contributed by atoms with E-state index in [-0.39, 0.29) is 11.6 Å². The van der Waals surface area contributed by atoms with Crippen molar-refractivity contribution in [2.45, 2.75) is 52.3 Å². The number of ether oxygens (including phenoxy) is 1. The van der Waals surface area contributed by atoms with Gasteiger partial charge in [0.1, 0.15) is 0 Å². The van der Waals surface area contributed by atoms with E-state index in [0.29, 0.717) is 0 Å². The van der Waals surface area contributed by atoms with Crippen molar-refractivity contribution in [1.29, 1.82) is 0 Å². The molecule has 1 aromatic carbocycles. The van der Waals surface area contributed by atoms with Gasteiger partial charge in [-0.1, -0.05) is 17.7 Å². The fourth-order valence-corrected chi connectivity index (χ4v) is 2.72. The lowest BCUT2D eigenvalue weighted by Crippen LogP contribution is -2.36. The Labute approximate surface area is 133 Å². The van der Waals surface area contributed by atoms with Crippen LogP contribution in [0.15, 0.2) is 18.2 Å². The first-order valence-corrected chi connectivity index (χ1v) is 8.13. The molecule has 118 valence electrons. The fraction of sp³-hybridized carbons (Fsp3) is 0.647. The summed E-state index contributed by atoms with van der Waals surface area (Å²) in [6.45, 7) is 12.3. The van der Waals surface area contributed by atoms with Crippen LogP contribution >= 0.6 is 11.6 Å². The molecular formula is C17H27ClN2O. The minimum atomic E-state index is 0.103. The number of nitrogens with zero attached hydrogens (tertiary/aromatic N) is 1. The molecule has 0 amide bonds. The molecule has 1 aliphatic rings. The van der Waals surface area contributed by atoms with Crippen LogP contribution in [0.1, 0.15) is 39.7 Å². The Morgan fingerprint density at radius 3 is 2.86 bits per heavy atom. The summed E-state index contributed by atoms with van der Waals surface area (Å²) in [5.74, 6) is 0. The molecule has 0 saturated carbocycles. The Kier molecular flexibility index (Phi) is 5.53. The monoisotopic (exact) mass is 310 g/mol. The molecule has 21 heavy (non-hydrogen) atoms. The minimum Gasteiger partial charge on any atom is -0.377 e. The van der Waals surface area contributed by atoms with Crippen molar-refractivity contribution in [3.63, 3.8) is 0 Å². The zero-order chi connectivity index (χ0) is 15.5. The van der Waals surface area contributed by atoms with Crippen LogP contribution in [0.5, 0.6) is 0 Å². The van der Waals surface area contributed by atoms with Crippen LogP contribution in [0, 0.1) is 0 Å². The smallest absolute Gasteiger partial charge is 0.0721 e. The van der Waals surface area contributed by atoms with Crippen molar-refractivity contribution in [2.24, 2.45) is 0 Å². The van der Waals surface area contributed by atoms with Gasteiger partial charge in [-0.15, -0.1) is 0 Å². The van der Waals surface area contributed by atoms with Gasteiger partial charge in [-0.05, 0) is 51.8 Å². The van der Waals surface area contributed by atoms with E-state index in [1.807, 2.05) is 6.07 Å². The average Bonchev–Trinajstić information content (AvgIpc) is 2.61. The molecule has 1 saturated heterocycles. The van der Waals surface area contributed by atoms with Gasteiger partial charge in [-0.25, -0.2) is 0 Å². The van der Waals surface area contributed by atoms with Crippen molar-refractivity contribution in [2.75, 3.05) is 24.6 Å². The van der Waals surface area contributed by atoms with Crippen LogP contribution in [0.25, 0.3) is 0 Å². The second kappa shape index (κ2) is 6.99. The van der Waals surface area contributed by atoms with Crippen LogP contribution < -0.4 is 10.2 Å². The Morgan fingerprint density at radius 1 is 1.38 bits per heavy atom. The number of benzene rings is 1.